The number of piperidine rings is 1. The van der Waals surface area contributed by atoms with Crippen LogP contribution in [0.3, 0.4) is 0 Å². The third-order valence-electron chi connectivity index (χ3n) is 3.35. The van der Waals surface area contributed by atoms with Crippen LogP contribution >= 0.6 is 11.6 Å². The molecule has 0 saturated carbocycles. The van der Waals surface area contributed by atoms with Crippen molar-refractivity contribution in [3.8, 4) is 0 Å². The van der Waals surface area contributed by atoms with E-state index in [-0.39, 0.29) is 5.91 Å². The fourth-order valence-electron chi connectivity index (χ4n) is 2.27. The summed E-state index contributed by atoms with van der Waals surface area (Å²) in [4.78, 5) is 13.9. The van der Waals surface area contributed by atoms with Gasteiger partial charge >= 0.3 is 0 Å². The maximum absolute atomic E-state index is 12.0. The van der Waals surface area contributed by atoms with Crippen molar-refractivity contribution in [2.75, 3.05) is 25.0 Å². The Morgan fingerprint density at radius 3 is 2.72 bits per heavy atom. The number of nitrogens with zero attached hydrogens (tertiary/aromatic N) is 1. The Morgan fingerprint density at radius 2 is 2.06 bits per heavy atom. The first-order valence-corrected chi connectivity index (χ1v) is 6.83. The summed E-state index contributed by atoms with van der Waals surface area (Å²) >= 11 is 6.11. The van der Waals surface area contributed by atoms with Crippen molar-refractivity contribution in [2.45, 2.75) is 26.2 Å². The van der Waals surface area contributed by atoms with E-state index in [1.807, 2.05) is 30.0 Å². The van der Waals surface area contributed by atoms with Gasteiger partial charge in [-0.2, -0.15) is 0 Å². The number of hydrogen-bond donors (Lipinski definition) is 1. The quantitative estimate of drug-likeness (QED) is 0.912. The lowest BCUT2D eigenvalue weighted by atomic mass is 10.1. The van der Waals surface area contributed by atoms with Crippen LogP contribution in [0, 0.1) is 6.92 Å². The molecule has 2 rings (SSSR count). The zero-order valence-electron chi connectivity index (χ0n) is 10.7. The van der Waals surface area contributed by atoms with E-state index in [4.69, 9.17) is 11.6 Å². The zero-order valence-corrected chi connectivity index (χ0v) is 11.5. The fraction of sp³-hybridized carbons (Fsp3) is 0.500. The highest BCUT2D eigenvalue weighted by Gasteiger charge is 2.16. The highest BCUT2D eigenvalue weighted by molar-refractivity contribution is 6.33. The van der Waals surface area contributed by atoms with Crippen LogP contribution < -0.4 is 5.32 Å². The first kappa shape index (κ1) is 13.2. The van der Waals surface area contributed by atoms with E-state index < -0.39 is 0 Å². The highest BCUT2D eigenvalue weighted by Crippen LogP contribution is 2.25. The largest absolute Gasteiger partial charge is 0.375 e. The van der Waals surface area contributed by atoms with Crippen LogP contribution in [0.4, 0.5) is 5.69 Å². The molecule has 1 N–H and O–H groups in total. The molecule has 98 valence electrons. The highest BCUT2D eigenvalue weighted by atomic mass is 35.5. The van der Waals surface area contributed by atoms with Crippen LogP contribution in [0.5, 0.6) is 0 Å². The molecule has 1 aromatic carbocycles. The molecule has 1 aliphatic heterocycles. The molecule has 0 unspecified atom stereocenters. The summed E-state index contributed by atoms with van der Waals surface area (Å²) in [5.41, 5.74) is 1.93. The number of likely N-dealkylation sites (tertiary alicyclic amines) is 1. The van der Waals surface area contributed by atoms with Crippen LogP contribution in [0.2, 0.25) is 5.02 Å². The van der Waals surface area contributed by atoms with E-state index in [0.717, 1.165) is 37.2 Å². The molecule has 1 heterocycles. The number of rotatable bonds is 3. The fourth-order valence-corrected chi connectivity index (χ4v) is 2.56. The zero-order chi connectivity index (χ0) is 13.0. The van der Waals surface area contributed by atoms with Gasteiger partial charge < -0.3 is 10.2 Å². The minimum absolute atomic E-state index is 0.161. The lowest BCUT2D eigenvalue weighted by Crippen LogP contribution is -2.39. The van der Waals surface area contributed by atoms with Crippen molar-refractivity contribution in [3.63, 3.8) is 0 Å². The number of anilines is 1. The van der Waals surface area contributed by atoms with Gasteiger partial charge in [0.2, 0.25) is 5.91 Å². The lowest BCUT2D eigenvalue weighted by Gasteiger charge is -2.27. The number of carbonyl (C=O) groups is 1. The Hall–Kier alpha value is -1.22. The van der Waals surface area contributed by atoms with Crippen molar-refractivity contribution >= 4 is 23.2 Å². The van der Waals surface area contributed by atoms with Gasteiger partial charge in [0, 0.05) is 13.1 Å². The number of para-hydroxylation sites is 1. The summed E-state index contributed by atoms with van der Waals surface area (Å²) in [6, 6.07) is 5.73. The molecule has 1 amide bonds. The molecule has 4 heteroatoms. The van der Waals surface area contributed by atoms with Gasteiger partial charge in [-0.15, -0.1) is 0 Å². The van der Waals surface area contributed by atoms with Gasteiger partial charge in [0.25, 0.3) is 0 Å². The molecule has 0 aromatic heterocycles. The molecule has 18 heavy (non-hydrogen) atoms. The van der Waals surface area contributed by atoms with Crippen LogP contribution in [-0.4, -0.2) is 30.4 Å². The van der Waals surface area contributed by atoms with Crippen LogP contribution in [0.1, 0.15) is 24.8 Å². The molecule has 0 aliphatic carbocycles. The predicted octanol–water partition coefficient (Wildman–Crippen LogP) is 3.07. The van der Waals surface area contributed by atoms with Gasteiger partial charge in [-0.25, -0.2) is 0 Å². The SMILES string of the molecule is Cc1cccc(Cl)c1NCC(=O)N1CCCCC1. The second kappa shape index (κ2) is 6.10. The summed E-state index contributed by atoms with van der Waals surface area (Å²) in [5, 5.41) is 3.82. The number of carbonyl (C=O) groups excluding carboxylic acids is 1. The van der Waals surface area contributed by atoms with E-state index >= 15 is 0 Å². The molecule has 1 aliphatic rings. The standard InChI is InChI=1S/C14H19ClN2O/c1-11-6-5-7-12(15)14(11)16-10-13(18)17-8-3-2-4-9-17/h5-7,16H,2-4,8-10H2,1H3. The monoisotopic (exact) mass is 266 g/mol. The Morgan fingerprint density at radius 1 is 1.33 bits per heavy atom. The van der Waals surface area contributed by atoms with Crippen LogP contribution in [0.15, 0.2) is 18.2 Å². The molecular formula is C14H19ClN2O. The van der Waals surface area contributed by atoms with Crippen LogP contribution in [-0.2, 0) is 4.79 Å². The van der Waals surface area contributed by atoms with E-state index in [2.05, 4.69) is 5.32 Å². The molecule has 1 aromatic rings. The number of benzene rings is 1. The average Bonchev–Trinajstić information content (AvgIpc) is 2.39. The average molecular weight is 267 g/mol. The second-order valence-electron chi connectivity index (χ2n) is 4.73. The summed E-state index contributed by atoms with van der Waals surface area (Å²) in [7, 11) is 0. The molecule has 0 bridgehead atoms. The molecule has 0 atom stereocenters. The number of nitrogens with one attached hydrogen (secondary N) is 1. The van der Waals surface area contributed by atoms with Crippen molar-refractivity contribution in [3.05, 3.63) is 28.8 Å². The molecule has 1 saturated heterocycles. The number of aryl methyl sites for hydroxylation is 1. The minimum Gasteiger partial charge on any atom is -0.375 e. The first-order valence-electron chi connectivity index (χ1n) is 6.45. The van der Waals surface area contributed by atoms with E-state index in [0.29, 0.717) is 11.6 Å². The third-order valence-corrected chi connectivity index (χ3v) is 3.66. The second-order valence-corrected chi connectivity index (χ2v) is 5.13. The molecular weight excluding hydrogens is 248 g/mol. The number of halogens is 1. The van der Waals surface area contributed by atoms with Gasteiger partial charge in [-0.1, -0.05) is 23.7 Å². The smallest absolute Gasteiger partial charge is 0.241 e. The third kappa shape index (κ3) is 3.16. The van der Waals surface area contributed by atoms with Crippen molar-refractivity contribution < 1.29 is 4.79 Å². The lowest BCUT2D eigenvalue weighted by molar-refractivity contribution is -0.130. The van der Waals surface area contributed by atoms with Gasteiger partial charge in [-0.05, 0) is 37.8 Å². The normalized spacial score (nSPS) is 15.6. The summed E-state index contributed by atoms with van der Waals surface area (Å²) in [6.07, 6.45) is 3.48. The Bertz CT molecular complexity index is 408. The molecule has 0 spiro atoms. The number of hydrogen-bond acceptors (Lipinski definition) is 2. The molecule has 3 nitrogen and oxygen atoms in total. The van der Waals surface area contributed by atoms with Crippen molar-refractivity contribution in [1.82, 2.24) is 4.90 Å². The van der Waals surface area contributed by atoms with Crippen LogP contribution in [0.25, 0.3) is 0 Å². The molecule has 1 fully saturated rings. The maximum Gasteiger partial charge on any atom is 0.241 e. The van der Waals surface area contributed by atoms with E-state index in [1.54, 1.807) is 0 Å². The summed E-state index contributed by atoms with van der Waals surface area (Å²) in [6.45, 7) is 4.09. The van der Waals surface area contributed by atoms with Gasteiger partial charge in [0.05, 0.1) is 17.3 Å². The number of amides is 1. The van der Waals surface area contributed by atoms with E-state index in [1.165, 1.54) is 6.42 Å². The summed E-state index contributed by atoms with van der Waals surface area (Å²) in [5.74, 6) is 0.161. The summed E-state index contributed by atoms with van der Waals surface area (Å²) < 4.78 is 0. The Labute approximate surface area is 113 Å². The van der Waals surface area contributed by atoms with Gasteiger partial charge in [0.15, 0.2) is 0 Å². The molecule has 0 radical (unpaired) electrons. The Kier molecular flexibility index (Phi) is 4.48. The maximum atomic E-state index is 12.0. The first-order chi connectivity index (χ1) is 8.68. The van der Waals surface area contributed by atoms with Crippen molar-refractivity contribution in [1.29, 1.82) is 0 Å². The predicted molar refractivity (Wildman–Crippen MR) is 75.1 cm³/mol. The van der Waals surface area contributed by atoms with Crippen molar-refractivity contribution in [2.24, 2.45) is 0 Å². The minimum atomic E-state index is 0.161. The Balaban J connectivity index is 1.92. The van der Waals surface area contributed by atoms with E-state index in [9.17, 15) is 4.79 Å². The van der Waals surface area contributed by atoms with Gasteiger partial charge in [0.1, 0.15) is 0 Å². The van der Waals surface area contributed by atoms with Gasteiger partial charge in [-0.3, -0.25) is 4.79 Å². The topological polar surface area (TPSA) is 32.3 Å².